The van der Waals surface area contributed by atoms with Gasteiger partial charge in [0.25, 0.3) is 0 Å². The van der Waals surface area contributed by atoms with E-state index in [0.717, 1.165) is 19.3 Å². The molecule has 24 heavy (non-hydrogen) atoms. The maximum Gasteiger partial charge on any atom is 0.222 e. The van der Waals surface area contributed by atoms with E-state index in [1.807, 2.05) is 0 Å². The van der Waals surface area contributed by atoms with Crippen LogP contribution >= 0.6 is 0 Å². The summed E-state index contributed by atoms with van der Waals surface area (Å²) in [5, 5.41) is 41.0. The van der Waals surface area contributed by atoms with Crippen molar-refractivity contribution < 1.29 is 30.0 Å². The molecular formula is C17H32NO6-. The first kappa shape index (κ1) is 21.3. The van der Waals surface area contributed by atoms with E-state index in [1.54, 1.807) is 0 Å². The number of hydrogen-bond donors (Lipinski definition) is 3. The summed E-state index contributed by atoms with van der Waals surface area (Å²) in [6.07, 6.45) is 2.30. The molecule has 1 amide bonds. The first-order valence-corrected chi connectivity index (χ1v) is 8.98. The zero-order valence-corrected chi connectivity index (χ0v) is 14.8. The molecule has 3 N–H and O–H groups in total. The van der Waals surface area contributed by atoms with Gasteiger partial charge in [0.05, 0.1) is 12.6 Å². The van der Waals surface area contributed by atoms with E-state index in [4.69, 9.17) is 9.84 Å². The molecule has 7 heteroatoms. The third-order valence-corrected chi connectivity index (χ3v) is 4.68. The number of hydrogen-bond acceptors (Lipinski definition) is 6. The Kier molecular flexibility index (Phi) is 9.76. The molecule has 0 bridgehead atoms. The van der Waals surface area contributed by atoms with Crippen molar-refractivity contribution in [1.82, 2.24) is 4.90 Å². The highest BCUT2D eigenvalue weighted by atomic mass is 16.6. The number of aliphatic hydroxyl groups is 3. The van der Waals surface area contributed by atoms with Crippen LogP contribution in [-0.4, -0.2) is 70.4 Å². The third kappa shape index (κ3) is 5.97. The van der Waals surface area contributed by atoms with Gasteiger partial charge in [-0.05, 0) is 6.42 Å². The van der Waals surface area contributed by atoms with Gasteiger partial charge in [-0.25, -0.2) is 0 Å². The fourth-order valence-electron chi connectivity index (χ4n) is 3.05. The maximum atomic E-state index is 12.2. The van der Waals surface area contributed by atoms with Gasteiger partial charge in [0.2, 0.25) is 5.91 Å². The average molecular weight is 346 g/mol. The number of ether oxygens (including phenoxy) is 1. The summed E-state index contributed by atoms with van der Waals surface area (Å²) in [6, 6.07) is -1.15. The van der Waals surface area contributed by atoms with E-state index >= 15 is 0 Å². The van der Waals surface area contributed by atoms with Crippen LogP contribution in [0, 0.1) is 0 Å². The highest BCUT2D eigenvalue weighted by Gasteiger charge is 2.42. The molecule has 7 nitrogen and oxygen atoms in total. The Bertz CT molecular complexity index is 367. The molecule has 0 saturated carbocycles. The Balaban J connectivity index is 2.39. The van der Waals surface area contributed by atoms with Gasteiger partial charge in [0.15, 0.2) is 0 Å². The molecule has 142 valence electrons. The van der Waals surface area contributed by atoms with Gasteiger partial charge in [-0.3, -0.25) is 4.79 Å². The van der Waals surface area contributed by atoms with E-state index in [0.29, 0.717) is 6.42 Å². The van der Waals surface area contributed by atoms with Crippen LogP contribution in [0.25, 0.3) is 0 Å². The highest BCUT2D eigenvalue weighted by Crippen LogP contribution is 2.22. The first-order chi connectivity index (χ1) is 11.4. The molecule has 0 aromatic heterocycles. The largest absolute Gasteiger partial charge is 0.829 e. The van der Waals surface area contributed by atoms with E-state index in [9.17, 15) is 20.1 Å². The van der Waals surface area contributed by atoms with Crippen molar-refractivity contribution in [2.24, 2.45) is 0 Å². The van der Waals surface area contributed by atoms with E-state index in [1.165, 1.54) is 37.6 Å². The Labute approximate surface area is 144 Å². The minimum atomic E-state index is -1.69. The van der Waals surface area contributed by atoms with Gasteiger partial charge in [-0.15, -0.1) is 0 Å². The zero-order valence-electron chi connectivity index (χ0n) is 14.8. The summed E-state index contributed by atoms with van der Waals surface area (Å²) in [6.45, 7) is 1.61. The molecule has 1 saturated heterocycles. The summed E-state index contributed by atoms with van der Waals surface area (Å²) < 4.78 is 4.97. The molecule has 1 fully saturated rings. The fourth-order valence-corrected chi connectivity index (χ4v) is 3.05. The highest BCUT2D eigenvalue weighted by molar-refractivity contribution is 5.76. The molecular weight excluding hydrogens is 314 g/mol. The topological polar surface area (TPSA) is 113 Å². The normalized spacial score (nSPS) is 30.3. The van der Waals surface area contributed by atoms with Gasteiger partial charge in [-0.1, -0.05) is 45.4 Å². The lowest BCUT2D eigenvalue weighted by molar-refractivity contribution is -0.524. The molecule has 1 heterocycles. The van der Waals surface area contributed by atoms with Crippen LogP contribution in [-0.2, 0) is 9.53 Å². The second-order valence-electron chi connectivity index (χ2n) is 6.57. The molecule has 0 unspecified atom stereocenters. The number of carbonyl (C=O) groups is 1. The number of aliphatic hydroxyl groups excluding tert-OH is 3. The molecule has 1 aliphatic heterocycles. The van der Waals surface area contributed by atoms with Gasteiger partial charge in [0.1, 0.15) is 18.3 Å². The third-order valence-electron chi connectivity index (χ3n) is 4.68. The first-order valence-electron chi connectivity index (χ1n) is 8.98. The zero-order chi connectivity index (χ0) is 18.1. The molecule has 0 spiro atoms. The van der Waals surface area contributed by atoms with Gasteiger partial charge in [-0.2, -0.15) is 0 Å². The maximum absolute atomic E-state index is 12.2. The van der Waals surface area contributed by atoms with E-state index in [-0.39, 0.29) is 5.91 Å². The number of rotatable bonds is 10. The van der Waals surface area contributed by atoms with Crippen LogP contribution in [0.5, 0.6) is 0 Å². The smallest absolute Gasteiger partial charge is 0.222 e. The lowest BCUT2D eigenvalue weighted by Crippen LogP contribution is -2.67. The van der Waals surface area contributed by atoms with Crippen molar-refractivity contribution in [2.45, 2.75) is 88.9 Å². The quantitative estimate of drug-likeness (QED) is 0.470. The Hall–Kier alpha value is -0.730. The van der Waals surface area contributed by atoms with Crippen LogP contribution in [0.2, 0.25) is 0 Å². The molecule has 0 aromatic carbocycles. The molecule has 0 aromatic rings. The SMILES string of the molecule is CCCCCCCCCC(=O)N(C)[C@@H]1[C@@H](O)[C@H](O)[C@@H](CO)O[C@@H]1[O-]. The standard InChI is InChI=1S/C17H32NO6/c1-3-4-5-6-7-8-9-10-13(20)18(2)14-16(22)15(21)12(11-19)24-17(14)23/h12,14-17,19,21-22H,3-11H2,1-2H3/q-1/t12-,14-,15-,16-,17+/m1/s1. The monoisotopic (exact) mass is 346 g/mol. The molecule has 1 aliphatic rings. The van der Waals surface area contributed by atoms with Gasteiger partial charge < -0.3 is 30.1 Å². The Morgan fingerprint density at radius 3 is 2.25 bits per heavy atom. The van der Waals surface area contributed by atoms with Gasteiger partial charge >= 0.3 is 0 Å². The molecule has 5 atom stereocenters. The predicted molar refractivity (Wildman–Crippen MR) is 86.9 cm³/mol. The summed E-state index contributed by atoms with van der Waals surface area (Å²) in [5.74, 6) is -0.244. The van der Waals surface area contributed by atoms with Crippen LogP contribution in [0.1, 0.15) is 58.3 Å². The summed E-state index contributed by atoms with van der Waals surface area (Å²) in [7, 11) is 1.44. The average Bonchev–Trinajstić information content (AvgIpc) is 2.57. The van der Waals surface area contributed by atoms with Crippen LogP contribution in [0.4, 0.5) is 0 Å². The second-order valence-corrected chi connectivity index (χ2v) is 6.57. The predicted octanol–water partition coefficient (Wildman–Crippen LogP) is -0.247. The van der Waals surface area contributed by atoms with Crippen molar-refractivity contribution in [3.05, 3.63) is 0 Å². The minimum absolute atomic E-state index is 0.244. The number of unbranched alkanes of at least 4 members (excludes halogenated alkanes) is 6. The summed E-state index contributed by atoms with van der Waals surface area (Å²) in [4.78, 5) is 13.4. The van der Waals surface area contributed by atoms with Crippen molar-refractivity contribution in [3.8, 4) is 0 Å². The van der Waals surface area contributed by atoms with Crippen molar-refractivity contribution in [1.29, 1.82) is 0 Å². The lowest BCUT2D eigenvalue weighted by atomic mass is 9.95. The van der Waals surface area contributed by atoms with E-state index < -0.39 is 37.3 Å². The number of nitrogens with zero attached hydrogens (tertiary/aromatic N) is 1. The molecule has 1 rings (SSSR count). The number of carbonyl (C=O) groups excluding carboxylic acids is 1. The summed E-state index contributed by atoms with van der Waals surface area (Å²) >= 11 is 0. The Morgan fingerprint density at radius 2 is 1.67 bits per heavy atom. The molecule has 0 aliphatic carbocycles. The van der Waals surface area contributed by atoms with Crippen molar-refractivity contribution in [3.63, 3.8) is 0 Å². The van der Waals surface area contributed by atoms with E-state index in [2.05, 4.69) is 6.92 Å². The number of amides is 1. The van der Waals surface area contributed by atoms with Crippen LogP contribution < -0.4 is 5.11 Å². The van der Waals surface area contributed by atoms with Crippen molar-refractivity contribution in [2.75, 3.05) is 13.7 Å². The fraction of sp³-hybridized carbons (Fsp3) is 0.941. The van der Waals surface area contributed by atoms with Gasteiger partial charge in [0, 0.05) is 19.8 Å². The molecule has 0 radical (unpaired) electrons. The number of likely N-dealkylation sites (N-methyl/N-ethyl adjacent to an activating group) is 1. The lowest BCUT2D eigenvalue weighted by Gasteiger charge is -2.49. The second kappa shape index (κ2) is 11.0. The van der Waals surface area contributed by atoms with Crippen molar-refractivity contribution >= 4 is 5.91 Å². The van der Waals surface area contributed by atoms with Crippen LogP contribution in [0.15, 0.2) is 0 Å². The Morgan fingerprint density at radius 1 is 1.08 bits per heavy atom. The van der Waals surface area contributed by atoms with Crippen LogP contribution in [0.3, 0.4) is 0 Å². The minimum Gasteiger partial charge on any atom is -0.829 e. The summed E-state index contributed by atoms with van der Waals surface area (Å²) in [5.41, 5.74) is 0.